The molecule has 1 heterocycles. The number of hydrogen-bond acceptors (Lipinski definition) is 6. The van der Waals surface area contributed by atoms with E-state index in [9.17, 15) is 18.6 Å². The molecule has 192 valence electrons. The van der Waals surface area contributed by atoms with Crippen molar-refractivity contribution < 1.29 is 27.8 Å². The third-order valence-electron chi connectivity index (χ3n) is 6.87. The summed E-state index contributed by atoms with van der Waals surface area (Å²) < 4.78 is 39.2. The van der Waals surface area contributed by atoms with Gasteiger partial charge >= 0.3 is 0 Å². The van der Waals surface area contributed by atoms with Crippen LogP contribution in [0.5, 0.6) is 0 Å². The Bertz CT molecular complexity index is 1190. The number of sulfone groups is 1. The van der Waals surface area contributed by atoms with Gasteiger partial charge in [-0.1, -0.05) is 99.6 Å². The van der Waals surface area contributed by atoms with Crippen LogP contribution < -0.4 is 10.4 Å². The second kappa shape index (κ2) is 10.6. The minimum Gasteiger partial charge on any atom is -0.405 e. The summed E-state index contributed by atoms with van der Waals surface area (Å²) in [5, 5.41) is 21.8. The third kappa shape index (κ3) is 5.07. The molecule has 1 fully saturated rings. The molecule has 1 saturated heterocycles. The number of benzene rings is 3. The number of hydrogen-bond donors (Lipinski definition) is 2. The Hall–Kier alpha value is -2.33. The molecule has 1 unspecified atom stereocenters. The number of aliphatic hydroxyl groups excluding tert-OH is 2. The fourth-order valence-corrected chi connectivity index (χ4v) is 11.5. The zero-order valence-corrected chi connectivity index (χ0v) is 22.6. The molecule has 0 bridgehead atoms. The lowest BCUT2D eigenvalue weighted by molar-refractivity contribution is -0.218. The standard InChI is InChI=1S/C28H34O6SSi/c1-28(2,3)36(23-15-9-5-10-16-23,24-17-11-6-12-18-24)33-20-21-19-25(26(29)27(30)34-21)35(31,32)22-13-7-4-8-14-22/h4-18,21,25-27,29-30H,19-20H2,1-3H3/t21-,25-,26+,27?/m0/s1. The van der Waals surface area contributed by atoms with Gasteiger partial charge in [-0.3, -0.25) is 0 Å². The zero-order valence-electron chi connectivity index (χ0n) is 20.8. The van der Waals surface area contributed by atoms with Crippen molar-refractivity contribution in [2.75, 3.05) is 6.61 Å². The Balaban J connectivity index is 1.68. The fraction of sp³-hybridized carbons (Fsp3) is 0.357. The molecule has 36 heavy (non-hydrogen) atoms. The number of ether oxygens (including phenoxy) is 1. The number of rotatable bonds is 7. The summed E-state index contributed by atoms with van der Waals surface area (Å²) in [6.45, 7) is 6.55. The predicted molar refractivity (Wildman–Crippen MR) is 142 cm³/mol. The Morgan fingerprint density at radius 1 is 0.861 bits per heavy atom. The van der Waals surface area contributed by atoms with Gasteiger partial charge in [0.25, 0.3) is 8.32 Å². The maximum absolute atomic E-state index is 13.3. The molecular weight excluding hydrogens is 492 g/mol. The molecule has 1 aliphatic rings. The van der Waals surface area contributed by atoms with Gasteiger partial charge in [0.2, 0.25) is 0 Å². The van der Waals surface area contributed by atoms with E-state index in [2.05, 4.69) is 45.0 Å². The minimum atomic E-state index is -3.90. The third-order valence-corrected chi connectivity index (χ3v) is 14.1. The van der Waals surface area contributed by atoms with Crippen molar-refractivity contribution in [1.82, 2.24) is 0 Å². The van der Waals surface area contributed by atoms with Crippen molar-refractivity contribution in [3.63, 3.8) is 0 Å². The summed E-state index contributed by atoms with van der Waals surface area (Å²) in [5.74, 6) is 0. The van der Waals surface area contributed by atoms with Crippen LogP contribution in [-0.4, -0.2) is 57.3 Å². The van der Waals surface area contributed by atoms with Crippen LogP contribution in [0.3, 0.4) is 0 Å². The van der Waals surface area contributed by atoms with E-state index in [4.69, 9.17) is 9.16 Å². The van der Waals surface area contributed by atoms with Gasteiger partial charge in [-0.15, -0.1) is 0 Å². The van der Waals surface area contributed by atoms with Crippen molar-refractivity contribution in [3.8, 4) is 0 Å². The van der Waals surface area contributed by atoms with Crippen LogP contribution in [0.1, 0.15) is 27.2 Å². The van der Waals surface area contributed by atoms with Crippen molar-refractivity contribution in [1.29, 1.82) is 0 Å². The van der Waals surface area contributed by atoms with Crippen LogP contribution in [0.2, 0.25) is 5.04 Å². The van der Waals surface area contributed by atoms with E-state index >= 15 is 0 Å². The molecule has 0 spiro atoms. The molecular formula is C28H34O6SSi. The van der Waals surface area contributed by atoms with E-state index in [-0.39, 0.29) is 23.0 Å². The molecule has 3 aromatic carbocycles. The molecule has 4 rings (SSSR count). The average molecular weight is 527 g/mol. The second-order valence-corrected chi connectivity index (χ2v) is 16.7. The zero-order chi connectivity index (χ0) is 26.0. The monoisotopic (exact) mass is 526 g/mol. The maximum Gasteiger partial charge on any atom is 0.261 e. The fourth-order valence-electron chi connectivity index (χ4n) is 5.10. The van der Waals surface area contributed by atoms with Crippen molar-refractivity contribution >= 4 is 28.5 Å². The quantitative estimate of drug-likeness (QED) is 0.460. The summed E-state index contributed by atoms with van der Waals surface area (Å²) >= 11 is 0. The number of aliphatic hydroxyl groups is 2. The molecule has 3 aromatic rings. The molecule has 0 saturated carbocycles. The molecule has 0 amide bonds. The van der Waals surface area contributed by atoms with E-state index in [1.54, 1.807) is 18.2 Å². The first-order valence-electron chi connectivity index (χ1n) is 12.1. The van der Waals surface area contributed by atoms with E-state index in [1.165, 1.54) is 12.1 Å². The van der Waals surface area contributed by atoms with Gasteiger partial charge in [-0.25, -0.2) is 8.42 Å². The maximum atomic E-state index is 13.3. The van der Waals surface area contributed by atoms with Gasteiger partial charge in [0, 0.05) is 0 Å². The molecule has 6 nitrogen and oxygen atoms in total. The second-order valence-electron chi connectivity index (χ2n) is 10.2. The SMILES string of the molecule is CC(C)(C)[Si](OC[C@@H]1C[C@H](S(=O)(=O)c2ccccc2)[C@@H](O)C(O)O1)(c1ccccc1)c1ccccc1. The molecule has 4 atom stereocenters. The van der Waals surface area contributed by atoms with Gasteiger partial charge in [-0.05, 0) is 34.0 Å². The van der Waals surface area contributed by atoms with Gasteiger partial charge in [0.1, 0.15) is 6.10 Å². The normalized spacial score (nSPS) is 23.4. The van der Waals surface area contributed by atoms with Crippen LogP contribution in [0.15, 0.2) is 95.9 Å². The predicted octanol–water partition coefficient (Wildman–Crippen LogP) is 2.87. The Kier molecular flexibility index (Phi) is 7.85. The average Bonchev–Trinajstić information content (AvgIpc) is 2.87. The van der Waals surface area contributed by atoms with Crippen LogP contribution in [0, 0.1) is 0 Å². The van der Waals surface area contributed by atoms with Gasteiger partial charge in [0.05, 0.1) is 22.9 Å². The van der Waals surface area contributed by atoms with Crippen LogP contribution >= 0.6 is 0 Å². The largest absolute Gasteiger partial charge is 0.405 e. The van der Waals surface area contributed by atoms with E-state index in [0.29, 0.717) is 0 Å². The first-order chi connectivity index (χ1) is 17.1. The Labute approximate surface area is 214 Å². The van der Waals surface area contributed by atoms with E-state index in [0.717, 1.165) is 10.4 Å². The van der Waals surface area contributed by atoms with E-state index < -0.39 is 41.9 Å². The highest BCUT2D eigenvalue weighted by molar-refractivity contribution is 7.92. The lowest BCUT2D eigenvalue weighted by Gasteiger charge is -2.44. The lowest BCUT2D eigenvalue weighted by Crippen LogP contribution is -2.67. The summed E-state index contributed by atoms with van der Waals surface area (Å²) in [6, 6.07) is 28.2. The van der Waals surface area contributed by atoms with Crippen molar-refractivity contribution in [2.45, 2.75) is 60.9 Å². The minimum absolute atomic E-state index is 0.00760. The highest BCUT2D eigenvalue weighted by Gasteiger charge is 2.51. The van der Waals surface area contributed by atoms with Gasteiger partial charge < -0.3 is 19.4 Å². The summed E-state index contributed by atoms with van der Waals surface area (Å²) in [7, 11) is -6.78. The van der Waals surface area contributed by atoms with Crippen LogP contribution in [-0.2, 0) is 19.0 Å². The lowest BCUT2D eigenvalue weighted by atomic mass is 10.1. The van der Waals surface area contributed by atoms with Crippen molar-refractivity contribution in [3.05, 3.63) is 91.0 Å². The first kappa shape index (κ1) is 26.7. The molecule has 8 heteroatoms. The van der Waals surface area contributed by atoms with Gasteiger partial charge in [-0.2, -0.15) is 0 Å². The Morgan fingerprint density at radius 3 is 1.81 bits per heavy atom. The Morgan fingerprint density at radius 2 is 1.33 bits per heavy atom. The smallest absolute Gasteiger partial charge is 0.261 e. The summed E-state index contributed by atoms with van der Waals surface area (Å²) in [6.07, 6.45) is -3.89. The molecule has 0 radical (unpaired) electrons. The molecule has 0 aromatic heterocycles. The topological polar surface area (TPSA) is 93.1 Å². The molecule has 0 aliphatic carbocycles. The molecule has 1 aliphatic heterocycles. The first-order valence-corrected chi connectivity index (χ1v) is 15.6. The highest BCUT2D eigenvalue weighted by atomic mass is 32.2. The van der Waals surface area contributed by atoms with Crippen LogP contribution in [0.4, 0.5) is 0 Å². The van der Waals surface area contributed by atoms with E-state index in [1.807, 2.05) is 36.4 Å². The summed E-state index contributed by atoms with van der Waals surface area (Å²) in [4.78, 5) is 0.106. The summed E-state index contributed by atoms with van der Waals surface area (Å²) in [5.41, 5.74) is 0. The molecule has 2 N–H and O–H groups in total. The van der Waals surface area contributed by atoms with Crippen molar-refractivity contribution in [2.24, 2.45) is 0 Å². The van der Waals surface area contributed by atoms with Gasteiger partial charge in [0.15, 0.2) is 16.1 Å². The highest BCUT2D eigenvalue weighted by Crippen LogP contribution is 2.38. The van der Waals surface area contributed by atoms with Crippen LogP contribution in [0.25, 0.3) is 0 Å².